The Morgan fingerprint density at radius 1 is 1.13 bits per heavy atom. The molecule has 0 fully saturated rings. The molecule has 2 aromatic rings. The van der Waals surface area contributed by atoms with Gasteiger partial charge in [0.05, 0.1) is 12.4 Å². The second-order valence-electron chi connectivity index (χ2n) is 4.67. The molecule has 0 spiro atoms. The molecule has 2 amide bonds. The van der Waals surface area contributed by atoms with Crippen molar-refractivity contribution in [2.75, 3.05) is 17.2 Å². The van der Waals surface area contributed by atoms with Gasteiger partial charge in [-0.3, -0.25) is 9.59 Å². The number of benzene rings is 1. The van der Waals surface area contributed by atoms with Crippen molar-refractivity contribution in [1.29, 1.82) is 0 Å². The van der Waals surface area contributed by atoms with Gasteiger partial charge in [-0.15, -0.1) is 6.58 Å². The molecule has 0 aliphatic rings. The number of nitrogens with zero attached hydrogens (tertiary/aromatic N) is 2. The first kappa shape index (κ1) is 16.2. The van der Waals surface area contributed by atoms with Crippen molar-refractivity contribution in [3.8, 4) is 0 Å². The van der Waals surface area contributed by atoms with Crippen molar-refractivity contribution < 1.29 is 9.59 Å². The van der Waals surface area contributed by atoms with Crippen LogP contribution in [0.1, 0.15) is 17.4 Å². The minimum absolute atomic E-state index is 0.123. The second-order valence-corrected chi connectivity index (χ2v) is 4.67. The summed E-state index contributed by atoms with van der Waals surface area (Å²) in [5, 5.41) is 8.37. The summed E-state index contributed by atoms with van der Waals surface area (Å²) in [4.78, 5) is 30.8. The number of hydrogen-bond acceptors (Lipinski definition) is 5. The van der Waals surface area contributed by atoms with Gasteiger partial charge < -0.3 is 16.0 Å². The predicted octanol–water partition coefficient (Wildman–Crippen LogP) is 2.09. The summed E-state index contributed by atoms with van der Waals surface area (Å²) in [6.45, 7) is 5.35. The highest BCUT2D eigenvalue weighted by atomic mass is 16.2. The van der Waals surface area contributed by atoms with Crippen molar-refractivity contribution in [1.82, 2.24) is 15.3 Å². The molecule has 7 nitrogen and oxygen atoms in total. The van der Waals surface area contributed by atoms with Gasteiger partial charge in [0, 0.05) is 24.8 Å². The van der Waals surface area contributed by atoms with Crippen LogP contribution in [0.15, 0.2) is 49.3 Å². The fraction of sp³-hybridized carbons (Fsp3) is 0.125. The van der Waals surface area contributed by atoms with Crippen LogP contribution in [0.3, 0.4) is 0 Å². The summed E-state index contributed by atoms with van der Waals surface area (Å²) in [6, 6.07) is 7.15. The van der Waals surface area contributed by atoms with Gasteiger partial charge in [-0.2, -0.15) is 0 Å². The fourth-order valence-electron chi connectivity index (χ4n) is 1.75. The highest BCUT2D eigenvalue weighted by Gasteiger charge is 2.06. The van der Waals surface area contributed by atoms with Crippen LogP contribution >= 0.6 is 0 Å². The summed E-state index contributed by atoms with van der Waals surface area (Å²) in [6.07, 6.45) is 4.46. The molecule has 1 heterocycles. The van der Waals surface area contributed by atoms with Crippen LogP contribution in [-0.2, 0) is 4.79 Å². The minimum atomic E-state index is -0.302. The normalized spacial score (nSPS) is 9.78. The lowest BCUT2D eigenvalue weighted by Gasteiger charge is -2.07. The first-order chi connectivity index (χ1) is 11.1. The van der Waals surface area contributed by atoms with Crippen molar-refractivity contribution >= 4 is 29.0 Å². The lowest BCUT2D eigenvalue weighted by Crippen LogP contribution is -2.24. The Labute approximate surface area is 133 Å². The third-order valence-corrected chi connectivity index (χ3v) is 2.77. The summed E-state index contributed by atoms with van der Waals surface area (Å²) >= 11 is 0. The van der Waals surface area contributed by atoms with E-state index in [1.165, 1.54) is 19.3 Å². The molecule has 0 bridgehead atoms. The lowest BCUT2D eigenvalue weighted by molar-refractivity contribution is -0.114. The molecule has 0 unspecified atom stereocenters. The molecule has 3 N–H and O–H groups in total. The number of carbonyl (C=O) groups excluding carboxylic acids is 2. The maximum atomic E-state index is 11.7. The van der Waals surface area contributed by atoms with E-state index in [0.717, 1.165) is 5.69 Å². The Morgan fingerprint density at radius 3 is 2.39 bits per heavy atom. The Hall–Kier alpha value is -3.22. The predicted molar refractivity (Wildman–Crippen MR) is 88.6 cm³/mol. The molecule has 0 radical (unpaired) electrons. The Bertz CT molecular complexity index is 695. The fourth-order valence-corrected chi connectivity index (χ4v) is 1.75. The van der Waals surface area contributed by atoms with Crippen LogP contribution in [0.2, 0.25) is 0 Å². The summed E-state index contributed by atoms with van der Waals surface area (Å²) in [7, 11) is 0. The van der Waals surface area contributed by atoms with E-state index in [1.807, 2.05) is 0 Å². The monoisotopic (exact) mass is 311 g/mol. The van der Waals surface area contributed by atoms with Crippen LogP contribution in [0.5, 0.6) is 0 Å². The number of anilines is 3. The Balaban J connectivity index is 1.99. The lowest BCUT2D eigenvalue weighted by atomic mass is 10.2. The second kappa shape index (κ2) is 7.69. The molecule has 0 aliphatic carbocycles. The SMILES string of the molecule is C=CCNC(=O)c1cnc(Nc2ccc(NC(C)=O)cc2)cn1. The first-order valence-electron chi connectivity index (χ1n) is 6.94. The zero-order chi connectivity index (χ0) is 16.7. The van der Waals surface area contributed by atoms with Gasteiger partial charge in [0.1, 0.15) is 11.5 Å². The van der Waals surface area contributed by atoms with E-state index in [0.29, 0.717) is 18.1 Å². The van der Waals surface area contributed by atoms with E-state index in [2.05, 4.69) is 32.5 Å². The van der Waals surface area contributed by atoms with E-state index in [4.69, 9.17) is 0 Å². The maximum absolute atomic E-state index is 11.7. The molecular formula is C16H17N5O2. The third kappa shape index (κ3) is 4.92. The van der Waals surface area contributed by atoms with Crippen molar-refractivity contribution in [2.45, 2.75) is 6.92 Å². The molecule has 1 aromatic carbocycles. The van der Waals surface area contributed by atoms with Crippen molar-refractivity contribution in [2.24, 2.45) is 0 Å². The van der Waals surface area contributed by atoms with Crippen LogP contribution < -0.4 is 16.0 Å². The van der Waals surface area contributed by atoms with Crippen LogP contribution in [0, 0.1) is 0 Å². The van der Waals surface area contributed by atoms with Gasteiger partial charge in [0.2, 0.25) is 5.91 Å². The number of hydrogen-bond donors (Lipinski definition) is 3. The molecule has 0 saturated heterocycles. The third-order valence-electron chi connectivity index (χ3n) is 2.77. The molecule has 0 saturated carbocycles. The number of nitrogens with one attached hydrogen (secondary N) is 3. The Kier molecular flexibility index (Phi) is 5.40. The van der Waals surface area contributed by atoms with E-state index in [-0.39, 0.29) is 17.5 Å². The van der Waals surface area contributed by atoms with Gasteiger partial charge in [-0.25, -0.2) is 9.97 Å². The zero-order valence-corrected chi connectivity index (χ0v) is 12.7. The first-order valence-corrected chi connectivity index (χ1v) is 6.94. The largest absolute Gasteiger partial charge is 0.347 e. The molecular weight excluding hydrogens is 294 g/mol. The molecule has 0 atom stereocenters. The molecule has 7 heteroatoms. The maximum Gasteiger partial charge on any atom is 0.271 e. The van der Waals surface area contributed by atoms with Gasteiger partial charge in [-0.05, 0) is 24.3 Å². The molecule has 23 heavy (non-hydrogen) atoms. The topological polar surface area (TPSA) is 96.0 Å². The summed E-state index contributed by atoms with van der Waals surface area (Å²) < 4.78 is 0. The minimum Gasteiger partial charge on any atom is -0.347 e. The highest BCUT2D eigenvalue weighted by molar-refractivity contribution is 5.92. The number of amides is 2. The molecule has 0 aliphatic heterocycles. The summed E-state index contributed by atoms with van der Waals surface area (Å²) in [5.41, 5.74) is 1.74. The molecule has 2 rings (SSSR count). The van der Waals surface area contributed by atoms with Gasteiger partial charge >= 0.3 is 0 Å². The average Bonchev–Trinajstić information content (AvgIpc) is 2.54. The number of aromatic nitrogens is 2. The summed E-state index contributed by atoms with van der Waals surface area (Å²) in [5.74, 6) is 0.0862. The van der Waals surface area contributed by atoms with E-state index < -0.39 is 0 Å². The van der Waals surface area contributed by atoms with Gasteiger partial charge in [0.25, 0.3) is 5.91 Å². The van der Waals surface area contributed by atoms with E-state index in [9.17, 15) is 9.59 Å². The zero-order valence-electron chi connectivity index (χ0n) is 12.7. The van der Waals surface area contributed by atoms with E-state index in [1.54, 1.807) is 30.3 Å². The van der Waals surface area contributed by atoms with Crippen molar-refractivity contribution in [3.05, 3.63) is 55.0 Å². The van der Waals surface area contributed by atoms with Crippen LogP contribution in [0.4, 0.5) is 17.2 Å². The molecule has 118 valence electrons. The quantitative estimate of drug-likeness (QED) is 0.710. The van der Waals surface area contributed by atoms with Gasteiger partial charge in [-0.1, -0.05) is 6.08 Å². The highest BCUT2D eigenvalue weighted by Crippen LogP contribution is 2.17. The standard InChI is InChI=1S/C16H17N5O2/c1-3-8-17-16(23)14-9-19-15(10-18-14)21-13-6-4-12(5-7-13)20-11(2)22/h3-7,9-10H,1,8H2,2H3,(H,17,23)(H,19,21)(H,20,22). The smallest absolute Gasteiger partial charge is 0.271 e. The average molecular weight is 311 g/mol. The van der Waals surface area contributed by atoms with Gasteiger partial charge in [0.15, 0.2) is 0 Å². The Morgan fingerprint density at radius 2 is 1.83 bits per heavy atom. The molecule has 1 aromatic heterocycles. The van der Waals surface area contributed by atoms with Crippen LogP contribution in [0.25, 0.3) is 0 Å². The number of rotatable bonds is 6. The number of carbonyl (C=O) groups is 2. The van der Waals surface area contributed by atoms with Crippen LogP contribution in [-0.4, -0.2) is 28.3 Å². The van der Waals surface area contributed by atoms with E-state index >= 15 is 0 Å². The van der Waals surface area contributed by atoms with Crippen molar-refractivity contribution in [3.63, 3.8) is 0 Å².